The highest BCUT2D eigenvalue weighted by Gasteiger charge is 2.15. The van der Waals surface area contributed by atoms with Crippen LogP contribution >= 0.6 is 0 Å². The van der Waals surface area contributed by atoms with Crippen molar-refractivity contribution >= 4 is 11.8 Å². The second-order valence-electron chi connectivity index (χ2n) is 5.26. The first-order valence-corrected chi connectivity index (χ1v) is 5.90. The van der Waals surface area contributed by atoms with Gasteiger partial charge in [-0.2, -0.15) is 0 Å². The molecule has 2 amide bonds. The predicted octanol–water partition coefficient (Wildman–Crippen LogP) is 2.94. The van der Waals surface area contributed by atoms with Gasteiger partial charge in [0.15, 0.2) is 0 Å². The third kappa shape index (κ3) is 4.17. The van der Waals surface area contributed by atoms with Crippen molar-refractivity contribution in [1.82, 2.24) is 5.32 Å². The summed E-state index contributed by atoms with van der Waals surface area (Å²) in [7, 11) is 0. The Morgan fingerprint density at radius 1 is 1.11 bits per heavy atom. The predicted molar refractivity (Wildman–Crippen MR) is 72.1 cm³/mol. The zero-order chi connectivity index (χ0) is 13.8. The van der Waals surface area contributed by atoms with E-state index in [1.807, 2.05) is 33.8 Å². The maximum Gasteiger partial charge on any atom is 0.258 e. The molecule has 0 unspecified atom stereocenters. The molecule has 96 valence electrons. The van der Waals surface area contributed by atoms with E-state index in [0.717, 1.165) is 5.57 Å². The number of amides is 2. The van der Waals surface area contributed by atoms with Crippen LogP contribution < -0.4 is 5.32 Å². The molecule has 0 spiro atoms. The molecular weight excluding hydrogens is 226 g/mol. The first-order chi connectivity index (χ1) is 8.30. The van der Waals surface area contributed by atoms with Crippen LogP contribution in [0.25, 0.3) is 0 Å². The highest BCUT2D eigenvalue weighted by Crippen LogP contribution is 2.23. The van der Waals surface area contributed by atoms with E-state index < -0.39 is 0 Å². The van der Waals surface area contributed by atoms with E-state index in [2.05, 4.69) is 5.32 Å². The van der Waals surface area contributed by atoms with Crippen LogP contribution in [0.4, 0.5) is 0 Å². The Morgan fingerprint density at radius 3 is 2.17 bits per heavy atom. The topological polar surface area (TPSA) is 46.2 Å². The van der Waals surface area contributed by atoms with E-state index in [0.29, 0.717) is 5.56 Å². The lowest BCUT2D eigenvalue weighted by Crippen LogP contribution is -2.29. The summed E-state index contributed by atoms with van der Waals surface area (Å²) in [5.41, 5.74) is 1.33. The average molecular weight is 245 g/mol. The molecule has 0 fully saturated rings. The van der Waals surface area contributed by atoms with E-state index >= 15 is 0 Å². The lowest BCUT2D eigenvalue weighted by Gasteiger charge is -2.19. The van der Waals surface area contributed by atoms with Gasteiger partial charge in [-0.1, -0.05) is 44.5 Å². The second kappa shape index (κ2) is 5.63. The fourth-order valence-corrected chi connectivity index (χ4v) is 1.22. The Balaban J connectivity index is 2.70. The van der Waals surface area contributed by atoms with Gasteiger partial charge in [-0.05, 0) is 24.5 Å². The molecule has 18 heavy (non-hydrogen) atoms. The van der Waals surface area contributed by atoms with Gasteiger partial charge in [0, 0.05) is 11.6 Å². The third-order valence-corrected chi connectivity index (χ3v) is 2.80. The quantitative estimate of drug-likeness (QED) is 0.814. The second-order valence-corrected chi connectivity index (χ2v) is 5.26. The maximum atomic E-state index is 11.7. The van der Waals surface area contributed by atoms with Crippen molar-refractivity contribution in [3.05, 3.63) is 47.5 Å². The van der Waals surface area contributed by atoms with Crippen LogP contribution in [0.5, 0.6) is 0 Å². The first kappa shape index (κ1) is 14.2. The van der Waals surface area contributed by atoms with Crippen LogP contribution in [0.2, 0.25) is 0 Å². The summed E-state index contributed by atoms with van der Waals surface area (Å²) in [6.07, 6.45) is 1.47. The van der Waals surface area contributed by atoms with Gasteiger partial charge in [0.1, 0.15) is 0 Å². The number of allylic oxidation sites excluding steroid dienone is 1. The minimum atomic E-state index is -0.378. The number of carbonyl (C=O) groups is 2. The fraction of sp³-hybridized carbons (Fsp3) is 0.333. The highest BCUT2D eigenvalue weighted by molar-refractivity contribution is 6.08. The van der Waals surface area contributed by atoms with Gasteiger partial charge >= 0.3 is 0 Å². The molecular formula is C15H19NO2. The molecule has 0 aliphatic carbocycles. The van der Waals surface area contributed by atoms with Gasteiger partial charge < -0.3 is 0 Å². The molecule has 1 N–H and O–H groups in total. The van der Waals surface area contributed by atoms with Crippen LogP contribution in [-0.2, 0) is 4.79 Å². The van der Waals surface area contributed by atoms with E-state index in [4.69, 9.17) is 0 Å². The molecule has 3 nitrogen and oxygen atoms in total. The number of hydrogen-bond donors (Lipinski definition) is 1. The molecule has 0 radical (unpaired) electrons. The molecule has 0 saturated carbocycles. The Hall–Kier alpha value is -1.90. The molecule has 0 heterocycles. The van der Waals surface area contributed by atoms with E-state index in [-0.39, 0.29) is 17.2 Å². The number of imide groups is 1. The molecule has 0 bridgehead atoms. The first-order valence-electron chi connectivity index (χ1n) is 5.90. The summed E-state index contributed by atoms with van der Waals surface area (Å²) < 4.78 is 0. The molecule has 0 aromatic heterocycles. The molecule has 0 atom stereocenters. The Morgan fingerprint density at radius 2 is 1.67 bits per heavy atom. The standard InChI is InChI=1S/C15H19NO2/c1-11(15(2,3)4)10-13(17)16-14(18)12-8-6-5-7-9-12/h5-10H,1-4H3,(H,16,17,18)/b11-10+. The summed E-state index contributed by atoms with van der Waals surface area (Å²) in [6, 6.07) is 8.68. The van der Waals surface area contributed by atoms with Gasteiger partial charge in [-0.3, -0.25) is 14.9 Å². The summed E-state index contributed by atoms with van der Waals surface area (Å²) in [6.45, 7) is 7.94. The number of carbonyl (C=O) groups excluding carboxylic acids is 2. The largest absolute Gasteiger partial charge is 0.289 e. The molecule has 0 aliphatic rings. The molecule has 1 aromatic carbocycles. The molecule has 0 aliphatic heterocycles. The van der Waals surface area contributed by atoms with Crippen LogP contribution in [0.15, 0.2) is 42.0 Å². The minimum Gasteiger partial charge on any atom is -0.289 e. The van der Waals surface area contributed by atoms with Gasteiger partial charge in [0.25, 0.3) is 11.8 Å². The maximum absolute atomic E-state index is 11.7. The zero-order valence-electron chi connectivity index (χ0n) is 11.3. The number of nitrogens with one attached hydrogen (secondary N) is 1. The van der Waals surface area contributed by atoms with Gasteiger partial charge in [0.05, 0.1) is 0 Å². The number of rotatable bonds is 2. The third-order valence-electron chi connectivity index (χ3n) is 2.80. The van der Waals surface area contributed by atoms with Crippen molar-refractivity contribution in [2.75, 3.05) is 0 Å². The lowest BCUT2D eigenvalue weighted by atomic mass is 9.87. The Labute approximate surface area is 108 Å². The molecule has 0 saturated heterocycles. The molecule has 1 rings (SSSR count). The van der Waals surface area contributed by atoms with Crippen LogP contribution in [0, 0.1) is 5.41 Å². The lowest BCUT2D eigenvalue weighted by molar-refractivity contribution is -0.115. The molecule has 3 heteroatoms. The normalized spacial score (nSPS) is 12.1. The van der Waals surface area contributed by atoms with Crippen molar-refractivity contribution in [1.29, 1.82) is 0 Å². The van der Waals surface area contributed by atoms with Crippen LogP contribution in [0.1, 0.15) is 38.1 Å². The van der Waals surface area contributed by atoms with Crippen molar-refractivity contribution < 1.29 is 9.59 Å². The van der Waals surface area contributed by atoms with Crippen molar-refractivity contribution in [2.45, 2.75) is 27.7 Å². The van der Waals surface area contributed by atoms with Crippen molar-refractivity contribution in [3.63, 3.8) is 0 Å². The smallest absolute Gasteiger partial charge is 0.258 e. The Kier molecular flexibility index (Phi) is 4.43. The van der Waals surface area contributed by atoms with E-state index in [1.165, 1.54) is 6.08 Å². The summed E-state index contributed by atoms with van der Waals surface area (Å²) in [5.74, 6) is -0.755. The van der Waals surface area contributed by atoms with Crippen LogP contribution in [-0.4, -0.2) is 11.8 Å². The van der Waals surface area contributed by atoms with Gasteiger partial charge in [0.2, 0.25) is 0 Å². The summed E-state index contributed by atoms with van der Waals surface area (Å²) >= 11 is 0. The Bertz CT molecular complexity index is 467. The zero-order valence-corrected chi connectivity index (χ0v) is 11.3. The monoisotopic (exact) mass is 245 g/mol. The SMILES string of the molecule is C/C(=C\C(=O)NC(=O)c1ccccc1)C(C)(C)C. The minimum absolute atomic E-state index is 0.0763. The van der Waals surface area contributed by atoms with Crippen molar-refractivity contribution in [3.8, 4) is 0 Å². The van der Waals surface area contributed by atoms with Crippen LogP contribution in [0.3, 0.4) is 0 Å². The van der Waals surface area contributed by atoms with E-state index in [9.17, 15) is 9.59 Å². The van der Waals surface area contributed by atoms with Gasteiger partial charge in [-0.15, -0.1) is 0 Å². The average Bonchev–Trinajstić information content (AvgIpc) is 2.28. The number of hydrogen-bond acceptors (Lipinski definition) is 2. The van der Waals surface area contributed by atoms with Crippen molar-refractivity contribution in [2.24, 2.45) is 5.41 Å². The highest BCUT2D eigenvalue weighted by atomic mass is 16.2. The molecule has 1 aromatic rings. The van der Waals surface area contributed by atoms with E-state index in [1.54, 1.807) is 24.3 Å². The number of benzene rings is 1. The fourth-order valence-electron chi connectivity index (χ4n) is 1.22. The van der Waals surface area contributed by atoms with Gasteiger partial charge in [-0.25, -0.2) is 0 Å². The summed E-state index contributed by atoms with van der Waals surface area (Å²) in [5, 5.41) is 2.34. The summed E-state index contributed by atoms with van der Waals surface area (Å²) in [4.78, 5) is 23.4.